The number of rotatable bonds is 3. The maximum absolute atomic E-state index is 4.71. The van der Waals surface area contributed by atoms with E-state index in [4.69, 9.17) is 4.99 Å². The molecule has 0 saturated carbocycles. The topological polar surface area (TPSA) is 42.2 Å². The van der Waals surface area contributed by atoms with Crippen molar-refractivity contribution in [2.45, 2.75) is 33.2 Å². The van der Waals surface area contributed by atoms with E-state index >= 15 is 0 Å². The van der Waals surface area contributed by atoms with Gasteiger partial charge in [-0.05, 0) is 19.3 Å². The first-order valence-electron chi connectivity index (χ1n) is 6.02. The number of nitrogens with zero attached hydrogens (tertiary/aromatic N) is 3. The number of aromatic nitrogens is 2. The Morgan fingerprint density at radius 1 is 1.59 bits per heavy atom. The quantitative estimate of drug-likeness (QED) is 0.899. The molecule has 1 aliphatic rings. The summed E-state index contributed by atoms with van der Waals surface area (Å²) in [5.41, 5.74) is 2.08. The van der Waals surface area contributed by atoms with E-state index in [9.17, 15) is 0 Å². The minimum Gasteiger partial charge on any atom is -0.332 e. The van der Waals surface area contributed by atoms with Crippen LogP contribution in [0.15, 0.2) is 11.2 Å². The summed E-state index contributed by atoms with van der Waals surface area (Å²) in [4.78, 5) is 4.71. The van der Waals surface area contributed by atoms with Crippen molar-refractivity contribution in [2.24, 2.45) is 18.0 Å². The van der Waals surface area contributed by atoms with Crippen molar-refractivity contribution in [2.75, 3.05) is 11.1 Å². The summed E-state index contributed by atoms with van der Waals surface area (Å²) >= 11 is 1.81. The zero-order valence-corrected chi connectivity index (χ0v) is 11.7. The second kappa shape index (κ2) is 5.12. The molecule has 5 heteroatoms. The fourth-order valence-electron chi connectivity index (χ4n) is 1.99. The molecule has 0 bridgehead atoms. The Morgan fingerprint density at radius 2 is 2.35 bits per heavy atom. The minimum atomic E-state index is 0.472. The smallest absolute Gasteiger partial charge is 0.161 e. The average Bonchev–Trinajstić information content (AvgIpc) is 2.74. The third kappa shape index (κ3) is 3.25. The summed E-state index contributed by atoms with van der Waals surface area (Å²) in [7, 11) is 1.93. The first kappa shape index (κ1) is 12.5. The summed E-state index contributed by atoms with van der Waals surface area (Å²) in [5.74, 6) is 1.81. The number of thioether (sulfide) groups is 1. The molecule has 1 aliphatic heterocycles. The van der Waals surface area contributed by atoms with Crippen LogP contribution in [-0.2, 0) is 7.05 Å². The summed E-state index contributed by atoms with van der Waals surface area (Å²) in [6, 6.07) is 0.472. The van der Waals surface area contributed by atoms with Crippen LogP contribution in [0.5, 0.6) is 0 Å². The van der Waals surface area contributed by atoms with E-state index in [1.807, 2.05) is 36.6 Å². The van der Waals surface area contributed by atoms with E-state index in [2.05, 4.69) is 24.3 Å². The number of anilines is 1. The van der Waals surface area contributed by atoms with Gasteiger partial charge in [-0.2, -0.15) is 5.10 Å². The molecule has 94 valence electrons. The van der Waals surface area contributed by atoms with Gasteiger partial charge in [0.15, 0.2) is 5.17 Å². The van der Waals surface area contributed by atoms with Gasteiger partial charge in [-0.3, -0.25) is 9.67 Å². The van der Waals surface area contributed by atoms with E-state index in [-0.39, 0.29) is 0 Å². The third-order valence-corrected chi connectivity index (χ3v) is 3.74. The highest BCUT2D eigenvalue weighted by Crippen LogP contribution is 2.24. The van der Waals surface area contributed by atoms with Gasteiger partial charge in [0.25, 0.3) is 0 Å². The molecule has 0 radical (unpaired) electrons. The van der Waals surface area contributed by atoms with Crippen LogP contribution >= 0.6 is 11.8 Å². The molecule has 4 nitrogen and oxygen atoms in total. The molecule has 1 unspecified atom stereocenters. The van der Waals surface area contributed by atoms with Crippen LogP contribution in [-0.4, -0.2) is 26.7 Å². The first-order chi connectivity index (χ1) is 8.04. The predicted octanol–water partition coefficient (Wildman–Crippen LogP) is 2.66. The largest absolute Gasteiger partial charge is 0.332 e. The summed E-state index contributed by atoms with van der Waals surface area (Å²) in [5, 5.41) is 8.71. The number of hydrogen-bond donors (Lipinski definition) is 1. The van der Waals surface area contributed by atoms with Crippen LogP contribution in [0.1, 0.15) is 26.0 Å². The highest BCUT2D eigenvalue weighted by molar-refractivity contribution is 8.14. The normalized spacial score (nSPS) is 19.8. The highest BCUT2D eigenvalue weighted by Gasteiger charge is 2.20. The Kier molecular flexibility index (Phi) is 3.76. The Labute approximate surface area is 107 Å². The SMILES string of the molecule is Cc1nn(C)cc1NC1=NC(CC(C)C)CS1. The molecule has 1 atom stereocenters. The van der Waals surface area contributed by atoms with Crippen molar-refractivity contribution in [3.05, 3.63) is 11.9 Å². The fourth-order valence-corrected chi connectivity index (χ4v) is 2.95. The van der Waals surface area contributed by atoms with E-state index < -0.39 is 0 Å². The lowest BCUT2D eigenvalue weighted by Gasteiger charge is -2.07. The van der Waals surface area contributed by atoms with Crippen molar-refractivity contribution < 1.29 is 0 Å². The minimum absolute atomic E-state index is 0.472. The predicted molar refractivity (Wildman–Crippen MR) is 74.7 cm³/mol. The monoisotopic (exact) mass is 252 g/mol. The van der Waals surface area contributed by atoms with Crippen LogP contribution in [0.4, 0.5) is 5.69 Å². The molecule has 0 spiro atoms. The molecule has 0 saturated heterocycles. The van der Waals surface area contributed by atoms with Gasteiger partial charge in [0, 0.05) is 19.0 Å². The third-order valence-electron chi connectivity index (χ3n) is 2.71. The number of nitrogens with one attached hydrogen (secondary N) is 1. The highest BCUT2D eigenvalue weighted by atomic mass is 32.2. The van der Waals surface area contributed by atoms with Crippen LogP contribution < -0.4 is 5.32 Å². The molecule has 2 heterocycles. The molecule has 17 heavy (non-hydrogen) atoms. The first-order valence-corrected chi connectivity index (χ1v) is 7.01. The van der Waals surface area contributed by atoms with Crippen LogP contribution in [0.3, 0.4) is 0 Å². The lowest BCUT2D eigenvalue weighted by Crippen LogP contribution is -2.08. The van der Waals surface area contributed by atoms with E-state index in [1.165, 1.54) is 6.42 Å². The van der Waals surface area contributed by atoms with Gasteiger partial charge < -0.3 is 5.32 Å². The van der Waals surface area contributed by atoms with Crippen LogP contribution in [0, 0.1) is 12.8 Å². The van der Waals surface area contributed by atoms with Crippen molar-refractivity contribution >= 4 is 22.6 Å². The maximum atomic E-state index is 4.71. The van der Waals surface area contributed by atoms with E-state index in [1.54, 1.807) is 0 Å². The van der Waals surface area contributed by atoms with Gasteiger partial charge in [0.1, 0.15) is 0 Å². The molecular formula is C12H20N4S. The van der Waals surface area contributed by atoms with E-state index in [0.29, 0.717) is 12.0 Å². The fraction of sp³-hybridized carbons (Fsp3) is 0.667. The Bertz CT molecular complexity index is 422. The molecular weight excluding hydrogens is 232 g/mol. The molecule has 0 aromatic carbocycles. The maximum Gasteiger partial charge on any atom is 0.161 e. The van der Waals surface area contributed by atoms with Gasteiger partial charge in [-0.15, -0.1) is 0 Å². The lowest BCUT2D eigenvalue weighted by molar-refractivity contribution is 0.529. The second-order valence-corrected chi connectivity index (χ2v) is 5.96. The van der Waals surface area contributed by atoms with E-state index in [0.717, 1.165) is 22.3 Å². The van der Waals surface area contributed by atoms with Crippen molar-refractivity contribution in [1.29, 1.82) is 0 Å². The zero-order valence-electron chi connectivity index (χ0n) is 10.9. The number of amidine groups is 1. The molecule has 1 N–H and O–H groups in total. The Hall–Kier alpha value is -0.970. The Balaban J connectivity index is 1.98. The summed E-state index contributed by atoms with van der Waals surface area (Å²) in [6.07, 6.45) is 3.17. The van der Waals surface area contributed by atoms with Gasteiger partial charge in [-0.1, -0.05) is 25.6 Å². The number of aryl methyl sites for hydroxylation is 2. The number of hydrogen-bond acceptors (Lipinski definition) is 4. The molecule has 2 rings (SSSR count). The lowest BCUT2D eigenvalue weighted by atomic mass is 10.1. The summed E-state index contributed by atoms with van der Waals surface area (Å²) in [6.45, 7) is 6.50. The molecule has 0 amide bonds. The van der Waals surface area contributed by atoms with Gasteiger partial charge in [0.05, 0.1) is 17.4 Å². The average molecular weight is 252 g/mol. The molecule has 1 aromatic heterocycles. The van der Waals surface area contributed by atoms with Crippen molar-refractivity contribution in [1.82, 2.24) is 9.78 Å². The van der Waals surface area contributed by atoms with Crippen molar-refractivity contribution in [3.8, 4) is 0 Å². The van der Waals surface area contributed by atoms with Gasteiger partial charge in [-0.25, -0.2) is 0 Å². The molecule has 1 aromatic rings. The molecule has 0 aliphatic carbocycles. The zero-order chi connectivity index (χ0) is 12.4. The Morgan fingerprint density at radius 3 is 2.94 bits per heavy atom. The standard InChI is InChI=1S/C12H20N4S/c1-8(2)5-10-7-17-12(13-10)14-11-6-16(4)15-9(11)3/h6,8,10H,5,7H2,1-4H3,(H,13,14). The number of aliphatic imine (C=N–C) groups is 1. The van der Waals surface area contributed by atoms with Crippen molar-refractivity contribution in [3.63, 3.8) is 0 Å². The van der Waals surface area contributed by atoms with Crippen LogP contribution in [0.2, 0.25) is 0 Å². The molecule has 0 fully saturated rings. The summed E-state index contributed by atoms with van der Waals surface area (Å²) < 4.78 is 1.82. The van der Waals surface area contributed by atoms with Gasteiger partial charge in [0.2, 0.25) is 0 Å². The second-order valence-electron chi connectivity index (χ2n) is 4.96. The van der Waals surface area contributed by atoms with Crippen LogP contribution in [0.25, 0.3) is 0 Å². The van der Waals surface area contributed by atoms with Gasteiger partial charge >= 0.3 is 0 Å².